The monoisotopic (exact) mass is 434 g/mol. The summed E-state index contributed by atoms with van der Waals surface area (Å²) in [6.45, 7) is 1.09. The van der Waals surface area contributed by atoms with Crippen LogP contribution in [0.4, 0.5) is 0 Å². The Morgan fingerprint density at radius 2 is 1.62 bits per heavy atom. The molecule has 0 spiro atoms. The van der Waals surface area contributed by atoms with Crippen molar-refractivity contribution in [3.05, 3.63) is 59.1 Å². The number of benzene rings is 2. The van der Waals surface area contributed by atoms with Crippen LogP contribution in [0.2, 0.25) is 5.02 Å². The number of para-hydroxylation sites is 1. The van der Waals surface area contributed by atoms with E-state index in [1.54, 1.807) is 29.2 Å². The average molecular weight is 435 g/mol. The summed E-state index contributed by atoms with van der Waals surface area (Å²) >= 11 is 6.08. The number of piperazine rings is 1. The number of nitrogens with zero attached hydrogens (tertiary/aromatic N) is 2. The molecule has 0 aromatic heterocycles. The second-order valence-electron chi connectivity index (χ2n) is 7.29. The SMILES string of the molecule is O=C(c1ccccc1OC1CCC1)N1CCN(S(=O)(=O)c2ccccc2Cl)CC1. The van der Waals surface area contributed by atoms with Crippen LogP contribution in [0.15, 0.2) is 53.4 Å². The number of sulfonamides is 1. The highest BCUT2D eigenvalue weighted by molar-refractivity contribution is 7.89. The lowest BCUT2D eigenvalue weighted by Crippen LogP contribution is -2.50. The van der Waals surface area contributed by atoms with E-state index < -0.39 is 10.0 Å². The Labute approximate surface area is 176 Å². The van der Waals surface area contributed by atoms with Gasteiger partial charge >= 0.3 is 0 Å². The van der Waals surface area contributed by atoms with Gasteiger partial charge in [-0.25, -0.2) is 8.42 Å². The van der Waals surface area contributed by atoms with Crippen LogP contribution in [0.1, 0.15) is 29.6 Å². The van der Waals surface area contributed by atoms with Gasteiger partial charge in [0.2, 0.25) is 10.0 Å². The van der Waals surface area contributed by atoms with E-state index >= 15 is 0 Å². The molecule has 2 aromatic rings. The van der Waals surface area contributed by atoms with Crippen molar-refractivity contribution in [3.8, 4) is 5.75 Å². The van der Waals surface area contributed by atoms with Crippen LogP contribution < -0.4 is 4.74 Å². The maximum Gasteiger partial charge on any atom is 0.257 e. The van der Waals surface area contributed by atoms with Gasteiger partial charge in [-0.05, 0) is 43.5 Å². The summed E-state index contributed by atoms with van der Waals surface area (Å²) < 4.78 is 33.1. The molecule has 6 nitrogen and oxygen atoms in total. The van der Waals surface area contributed by atoms with Crippen molar-refractivity contribution in [2.75, 3.05) is 26.2 Å². The third-order valence-electron chi connectivity index (χ3n) is 5.44. The molecule has 1 heterocycles. The standard InChI is InChI=1S/C21H23ClN2O4S/c22-18-9-2-4-11-20(18)29(26,27)24-14-12-23(13-15-24)21(25)17-8-1-3-10-19(17)28-16-6-5-7-16/h1-4,8-11,16H,5-7,12-15H2. The lowest BCUT2D eigenvalue weighted by Gasteiger charge is -2.34. The van der Waals surface area contributed by atoms with E-state index in [0.29, 0.717) is 24.4 Å². The van der Waals surface area contributed by atoms with Crippen LogP contribution in [-0.4, -0.2) is 55.8 Å². The predicted octanol–water partition coefficient (Wildman–Crippen LogP) is 3.42. The fourth-order valence-electron chi connectivity index (χ4n) is 3.51. The van der Waals surface area contributed by atoms with Crippen molar-refractivity contribution in [1.29, 1.82) is 0 Å². The van der Waals surface area contributed by atoms with Gasteiger partial charge < -0.3 is 9.64 Å². The van der Waals surface area contributed by atoms with Crippen molar-refractivity contribution in [3.63, 3.8) is 0 Å². The summed E-state index contributed by atoms with van der Waals surface area (Å²) in [4.78, 5) is 14.8. The van der Waals surface area contributed by atoms with Gasteiger partial charge in [0, 0.05) is 26.2 Å². The Kier molecular flexibility index (Phi) is 5.81. The van der Waals surface area contributed by atoms with Crippen molar-refractivity contribution in [2.24, 2.45) is 0 Å². The van der Waals surface area contributed by atoms with Gasteiger partial charge in [-0.3, -0.25) is 4.79 Å². The first-order valence-corrected chi connectivity index (χ1v) is 11.6. The molecule has 154 valence electrons. The van der Waals surface area contributed by atoms with E-state index in [0.717, 1.165) is 19.3 Å². The highest BCUT2D eigenvalue weighted by atomic mass is 35.5. The normalized spacial score (nSPS) is 18.3. The average Bonchev–Trinajstić information content (AvgIpc) is 2.71. The van der Waals surface area contributed by atoms with Crippen LogP contribution >= 0.6 is 11.6 Å². The van der Waals surface area contributed by atoms with Crippen molar-refractivity contribution >= 4 is 27.5 Å². The van der Waals surface area contributed by atoms with E-state index in [1.807, 2.05) is 18.2 Å². The molecule has 1 aliphatic heterocycles. The molecule has 29 heavy (non-hydrogen) atoms. The van der Waals surface area contributed by atoms with Gasteiger partial charge in [0.25, 0.3) is 5.91 Å². The van der Waals surface area contributed by atoms with Gasteiger partial charge in [-0.2, -0.15) is 4.31 Å². The molecule has 0 atom stereocenters. The van der Waals surface area contributed by atoms with E-state index in [-0.39, 0.29) is 35.0 Å². The fraction of sp³-hybridized carbons (Fsp3) is 0.381. The molecule has 2 fully saturated rings. The van der Waals surface area contributed by atoms with Crippen LogP contribution in [0.5, 0.6) is 5.75 Å². The maximum absolute atomic E-state index is 13.0. The zero-order chi connectivity index (χ0) is 20.4. The van der Waals surface area contributed by atoms with Crippen LogP contribution in [0, 0.1) is 0 Å². The van der Waals surface area contributed by atoms with E-state index in [9.17, 15) is 13.2 Å². The molecule has 2 aliphatic rings. The van der Waals surface area contributed by atoms with E-state index in [2.05, 4.69) is 0 Å². The molecule has 0 N–H and O–H groups in total. The first-order valence-electron chi connectivity index (χ1n) is 9.76. The number of carbonyl (C=O) groups is 1. The Hall–Kier alpha value is -2.09. The zero-order valence-corrected chi connectivity index (χ0v) is 17.5. The molecule has 1 amide bonds. The minimum absolute atomic E-state index is 0.0979. The second kappa shape index (κ2) is 8.34. The molecule has 1 aliphatic carbocycles. The molecular formula is C21H23ClN2O4S. The minimum atomic E-state index is -3.69. The molecule has 1 saturated carbocycles. The Morgan fingerprint density at radius 3 is 2.28 bits per heavy atom. The van der Waals surface area contributed by atoms with E-state index in [1.165, 1.54) is 10.4 Å². The van der Waals surface area contributed by atoms with Crippen LogP contribution in [0.3, 0.4) is 0 Å². The fourth-order valence-corrected chi connectivity index (χ4v) is 5.42. The molecule has 0 radical (unpaired) electrons. The predicted molar refractivity (Wildman–Crippen MR) is 111 cm³/mol. The van der Waals surface area contributed by atoms with Crippen molar-refractivity contribution < 1.29 is 17.9 Å². The van der Waals surface area contributed by atoms with Gasteiger partial charge in [0.1, 0.15) is 10.6 Å². The summed E-state index contributed by atoms with van der Waals surface area (Å²) in [5.74, 6) is 0.475. The summed E-state index contributed by atoms with van der Waals surface area (Å²) in [7, 11) is -3.69. The summed E-state index contributed by atoms with van der Waals surface area (Å²) in [6, 6.07) is 13.7. The van der Waals surface area contributed by atoms with Gasteiger partial charge in [0.15, 0.2) is 0 Å². The van der Waals surface area contributed by atoms with Crippen LogP contribution in [-0.2, 0) is 10.0 Å². The number of rotatable bonds is 5. The lowest BCUT2D eigenvalue weighted by atomic mass is 9.96. The molecule has 1 saturated heterocycles. The first kappa shape index (κ1) is 20.2. The summed E-state index contributed by atoms with van der Waals surface area (Å²) in [5, 5.41) is 0.202. The Bertz CT molecular complexity index is 999. The molecule has 4 rings (SSSR count). The molecule has 8 heteroatoms. The smallest absolute Gasteiger partial charge is 0.257 e. The largest absolute Gasteiger partial charge is 0.490 e. The van der Waals surface area contributed by atoms with Crippen molar-refractivity contribution in [2.45, 2.75) is 30.3 Å². The number of amides is 1. The Balaban J connectivity index is 1.45. The molecule has 2 aromatic carbocycles. The van der Waals surface area contributed by atoms with Gasteiger partial charge in [-0.15, -0.1) is 0 Å². The molecule has 0 bridgehead atoms. The number of carbonyl (C=O) groups excluding carboxylic acids is 1. The van der Waals surface area contributed by atoms with Crippen LogP contribution in [0.25, 0.3) is 0 Å². The second-order valence-corrected chi connectivity index (χ2v) is 9.61. The minimum Gasteiger partial charge on any atom is -0.490 e. The van der Waals surface area contributed by atoms with E-state index in [4.69, 9.17) is 16.3 Å². The van der Waals surface area contributed by atoms with Gasteiger partial charge in [0.05, 0.1) is 16.7 Å². The molecular weight excluding hydrogens is 412 g/mol. The Morgan fingerprint density at radius 1 is 0.966 bits per heavy atom. The lowest BCUT2D eigenvalue weighted by molar-refractivity contribution is 0.0681. The maximum atomic E-state index is 13.0. The first-order chi connectivity index (χ1) is 14.0. The zero-order valence-electron chi connectivity index (χ0n) is 16.0. The number of hydrogen-bond acceptors (Lipinski definition) is 4. The number of halogens is 1. The summed E-state index contributed by atoms with van der Waals surface area (Å²) in [6.07, 6.45) is 3.37. The third kappa shape index (κ3) is 4.13. The highest BCUT2D eigenvalue weighted by Crippen LogP contribution is 2.29. The number of hydrogen-bond donors (Lipinski definition) is 0. The van der Waals surface area contributed by atoms with Gasteiger partial charge in [-0.1, -0.05) is 35.9 Å². The quantitative estimate of drug-likeness (QED) is 0.723. The summed E-state index contributed by atoms with van der Waals surface area (Å²) in [5.41, 5.74) is 0.529. The molecule has 0 unspecified atom stereocenters. The topological polar surface area (TPSA) is 66.9 Å². The third-order valence-corrected chi connectivity index (χ3v) is 7.84. The highest BCUT2D eigenvalue weighted by Gasteiger charge is 2.32. The van der Waals surface area contributed by atoms with Crippen molar-refractivity contribution in [1.82, 2.24) is 9.21 Å². The number of ether oxygens (including phenoxy) is 1.